The third-order valence-electron chi connectivity index (χ3n) is 1.81. The largest absolute Gasteiger partial charge is 0.108 e. The summed E-state index contributed by atoms with van der Waals surface area (Å²) in [5, 5.41) is 0. The van der Waals surface area contributed by atoms with Crippen LogP contribution in [0.2, 0.25) is 39.3 Å². The molecule has 0 bridgehead atoms. The molecule has 0 spiro atoms. The summed E-state index contributed by atoms with van der Waals surface area (Å²) in [4.78, 5) is 1.60. The van der Waals surface area contributed by atoms with Crippen LogP contribution in [-0.4, -0.2) is 16.1 Å². The Balaban J connectivity index is 4.40. The minimum absolute atomic E-state index is 1.03. The molecule has 0 aliphatic rings. The van der Waals surface area contributed by atoms with Crippen LogP contribution in [0.15, 0.2) is 11.4 Å². The first-order valence-corrected chi connectivity index (χ1v) is 10.9. The van der Waals surface area contributed by atoms with E-state index in [-0.39, 0.29) is 0 Å². The van der Waals surface area contributed by atoms with Gasteiger partial charge in [0, 0.05) is 0 Å². The molecular formula is C8H20Si2. The molecular weight excluding hydrogens is 152 g/mol. The molecule has 0 rings (SSSR count). The zero-order chi connectivity index (χ0) is 8.58. The van der Waals surface area contributed by atoms with Gasteiger partial charge in [0.2, 0.25) is 0 Å². The van der Waals surface area contributed by atoms with E-state index in [0.717, 1.165) is 0 Å². The number of hydrogen-bond donors (Lipinski definition) is 0. The minimum atomic E-state index is -1.03. The van der Waals surface area contributed by atoms with Crippen molar-refractivity contribution in [2.75, 3.05) is 0 Å². The smallest absolute Gasteiger partial charge is 0.0674 e. The Labute approximate surface area is 67.4 Å². The highest BCUT2D eigenvalue weighted by Crippen LogP contribution is 2.22. The number of hydrogen-bond acceptors (Lipinski definition) is 0. The van der Waals surface area contributed by atoms with Gasteiger partial charge < -0.3 is 0 Å². The van der Waals surface area contributed by atoms with Crippen molar-refractivity contribution in [2.45, 2.75) is 39.3 Å². The summed E-state index contributed by atoms with van der Waals surface area (Å²) in [5.74, 6) is 0. The summed E-state index contributed by atoms with van der Waals surface area (Å²) in [6.07, 6.45) is 0. The highest BCUT2D eigenvalue weighted by molar-refractivity contribution is 7.04. The van der Waals surface area contributed by atoms with Crippen molar-refractivity contribution in [1.82, 2.24) is 0 Å². The van der Waals surface area contributed by atoms with Crippen LogP contribution in [0, 0.1) is 0 Å². The van der Waals surface area contributed by atoms with Crippen LogP contribution in [0.4, 0.5) is 0 Å². The summed E-state index contributed by atoms with van der Waals surface area (Å²) in [6.45, 7) is 18.5. The Morgan fingerprint density at radius 1 is 0.800 bits per heavy atom. The maximum Gasteiger partial charge on any atom is 0.0674 e. The van der Waals surface area contributed by atoms with E-state index >= 15 is 0 Å². The minimum Gasteiger partial charge on any atom is -0.108 e. The fourth-order valence-corrected chi connectivity index (χ4v) is 10.1. The van der Waals surface area contributed by atoms with Crippen LogP contribution in [0.25, 0.3) is 0 Å². The first-order chi connectivity index (χ1) is 4.15. The van der Waals surface area contributed by atoms with Crippen molar-refractivity contribution in [2.24, 2.45) is 0 Å². The first-order valence-electron chi connectivity index (χ1n) is 3.85. The van der Waals surface area contributed by atoms with Crippen LogP contribution < -0.4 is 0 Å². The second-order valence-electron chi connectivity index (χ2n) is 4.98. The van der Waals surface area contributed by atoms with Gasteiger partial charge >= 0.3 is 0 Å². The lowest BCUT2D eigenvalue weighted by molar-refractivity contribution is 1.65. The lowest BCUT2D eigenvalue weighted by atomic mass is 11.2. The molecule has 0 N–H and O–H groups in total. The van der Waals surface area contributed by atoms with Gasteiger partial charge in [-0.3, -0.25) is 0 Å². The van der Waals surface area contributed by atoms with Gasteiger partial charge in [0.1, 0.15) is 0 Å². The van der Waals surface area contributed by atoms with Crippen LogP contribution in [0.3, 0.4) is 0 Å². The SMILES string of the molecule is C=C([Si](C)(C)C)[Si](C)(C)C. The van der Waals surface area contributed by atoms with Crippen LogP contribution in [0.1, 0.15) is 0 Å². The number of rotatable bonds is 2. The Kier molecular flexibility index (Phi) is 2.71. The van der Waals surface area contributed by atoms with E-state index in [1.54, 1.807) is 4.82 Å². The van der Waals surface area contributed by atoms with E-state index in [1.807, 2.05) is 0 Å². The third kappa shape index (κ3) is 2.84. The molecule has 2 heteroatoms. The average Bonchev–Trinajstić information content (AvgIpc) is 1.59. The standard InChI is InChI=1S/C8H20Si2/c1-8(9(2,3)4)10(5,6)7/h1H2,2-7H3. The quantitative estimate of drug-likeness (QED) is 0.561. The van der Waals surface area contributed by atoms with Crippen molar-refractivity contribution in [1.29, 1.82) is 0 Å². The maximum atomic E-state index is 4.22. The van der Waals surface area contributed by atoms with Crippen LogP contribution in [-0.2, 0) is 0 Å². The molecule has 0 aliphatic carbocycles. The third-order valence-corrected chi connectivity index (χ3v) is 9.93. The van der Waals surface area contributed by atoms with Gasteiger partial charge in [0.05, 0.1) is 16.1 Å². The van der Waals surface area contributed by atoms with Crippen molar-refractivity contribution >= 4 is 16.1 Å². The summed E-state index contributed by atoms with van der Waals surface area (Å²) in [6, 6.07) is 0. The normalized spacial score (nSPS) is 13.4. The Hall–Kier alpha value is 0.174. The molecule has 60 valence electrons. The van der Waals surface area contributed by atoms with Gasteiger partial charge in [-0.15, -0.1) is 6.58 Å². The Morgan fingerprint density at radius 2 is 1.00 bits per heavy atom. The maximum absolute atomic E-state index is 4.22. The molecule has 0 aromatic rings. The van der Waals surface area contributed by atoms with E-state index in [0.29, 0.717) is 0 Å². The fourth-order valence-electron chi connectivity index (χ4n) is 1.12. The van der Waals surface area contributed by atoms with E-state index < -0.39 is 16.1 Å². The van der Waals surface area contributed by atoms with E-state index in [9.17, 15) is 0 Å². The van der Waals surface area contributed by atoms with Crippen molar-refractivity contribution in [3.63, 3.8) is 0 Å². The lowest BCUT2D eigenvalue weighted by Crippen LogP contribution is -2.39. The average molecular weight is 172 g/mol. The topological polar surface area (TPSA) is 0 Å². The molecule has 0 amide bonds. The molecule has 0 saturated carbocycles. The highest BCUT2D eigenvalue weighted by Gasteiger charge is 2.28. The predicted molar refractivity (Wildman–Crippen MR) is 55.8 cm³/mol. The second-order valence-corrected chi connectivity index (χ2v) is 15.7. The van der Waals surface area contributed by atoms with Crippen molar-refractivity contribution in [3.05, 3.63) is 11.4 Å². The molecule has 0 saturated heterocycles. The zero-order valence-corrected chi connectivity index (χ0v) is 10.2. The summed E-state index contributed by atoms with van der Waals surface area (Å²) in [5.41, 5.74) is 0. The molecule has 0 fully saturated rings. The summed E-state index contributed by atoms with van der Waals surface area (Å²) >= 11 is 0. The van der Waals surface area contributed by atoms with Gasteiger partial charge in [-0.2, -0.15) is 0 Å². The van der Waals surface area contributed by atoms with Crippen molar-refractivity contribution in [3.8, 4) is 0 Å². The van der Waals surface area contributed by atoms with Gasteiger partial charge in [0.25, 0.3) is 0 Å². The molecule has 0 unspecified atom stereocenters. The van der Waals surface area contributed by atoms with E-state index in [1.165, 1.54) is 0 Å². The zero-order valence-electron chi connectivity index (χ0n) is 8.21. The fraction of sp³-hybridized carbons (Fsp3) is 0.750. The lowest BCUT2D eigenvalue weighted by Gasteiger charge is -2.29. The molecule has 0 radical (unpaired) electrons. The van der Waals surface area contributed by atoms with Crippen LogP contribution in [0.5, 0.6) is 0 Å². The van der Waals surface area contributed by atoms with Crippen LogP contribution >= 0.6 is 0 Å². The second kappa shape index (κ2) is 2.66. The summed E-state index contributed by atoms with van der Waals surface area (Å²) < 4.78 is 0. The summed E-state index contributed by atoms with van der Waals surface area (Å²) in [7, 11) is -2.06. The molecule has 0 nitrogen and oxygen atoms in total. The molecule has 0 aromatic heterocycles. The van der Waals surface area contributed by atoms with E-state index in [2.05, 4.69) is 45.9 Å². The molecule has 0 aliphatic heterocycles. The highest BCUT2D eigenvalue weighted by atomic mass is 28.4. The van der Waals surface area contributed by atoms with Gasteiger partial charge in [0.15, 0.2) is 0 Å². The van der Waals surface area contributed by atoms with Gasteiger partial charge in [-0.1, -0.05) is 44.1 Å². The monoisotopic (exact) mass is 172 g/mol. The Bertz CT molecular complexity index is 118. The van der Waals surface area contributed by atoms with Gasteiger partial charge in [-0.05, 0) is 0 Å². The predicted octanol–water partition coefficient (Wildman–Crippen LogP) is 3.30. The van der Waals surface area contributed by atoms with E-state index in [4.69, 9.17) is 0 Å². The Morgan fingerprint density at radius 3 is 1.00 bits per heavy atom. The first kappa shape index (κ1) is 10.2. The molecule has 0 atom stereocenters. The van der Waals surface area contributed by atoms with Crippen molar-refractivity contribution < 1.29 is 0 Å². The molecule has 0 aromatic carbocycles. The molecule has 0 heterocycles. The molecule has 10 heavy (non-hydrogen) atoms. The van der Waals surface area contributed by atoms with Gasteiger partial charge in [-0.25, -0.2) is 0 Å².